The summed E-state index contributed by atoms with van der Waals surface area (Å²) < 4.78 is 23.7. The highest BCUT2D eigenvalue weighted by Gasteiger charge is 2.10. The zero-order valence-electron chi connectivity index (χ0n) is 12.8. The van der Waals surface area contributed by atoms with Gasteiger partial charge in [0.2, 0.25) is 0 Å². The molecule has 4 nitrogen and oxygen atoms in total. The van der Waals surface area contributed by atoms with E-state index in [0.717, 1.165) is 58.1 Å². The number of rotatable bonds is 8. The lowest BCUT2D eigenvalue weighted by atomic mass is 10.3. The molecule has 0 aliphatic carbocycles. The van der Waals surface area contributed by atoms with Crippen molar-refractivity contribution in [2.45, 2.75) is 6.42 Å². The first-order chi connectivity index (χ1) is 10.2. The smallest absolute Gasteiger partial charge is 0.123 e. The van der Waals surface area contributed by atoms with Crippen LogP contribution in [0.3, 0.4) is 0 Å². The zero-order chi connectivity index (χ0) is 14.9. The first-order valence-electron chi connectivity index (χ1n) is 7.61. The number of nitrogens with zero attached hydrogens (tertiary/aromatic N) is 2. The summed E-state index contributed by atoms with van der Waals surface area (Å²) in [6.07, 6.45) is 0.969. The molecule has 0 unspecified atom stereocenters. The van der Waals surface area contributed by atoms with E-state index in [1.807, 2.05) is 0 Å². The van der Waals surface area contributed by atoms with Crippen LogP contribution in [0.5, 0.6) is 5.75 Å². The van der Waals surface area contributed by atoms with Crippen LogP contribution in [-0.2, 0) is 4.74 Å². The van der Waals surface area contributed by atoms with Crippen LogP contribution in [-0.4, -0.2) is 69.4 Å². The summed E-state index contributed by atoms with van der Waals surface area (Å²) in [5.41, 5.74) is 0. The van der Waals surface area contributed by atoms with Crippen molar-refractivity contribution < 1.29 is 13.9 Å². The van der Waals surface area contributed by atoms with Crippen molar-refractivity contribution in [3.8, 4) is 5.75 Å². The summed E-state index contributed by atoms with van der Waals surface area (Å²) >= 11 is 0. The summed E-state index contributed by atoms with van der Waals surface area (Å²) in [5, 5.41) is 0. The molecule has 1 aromatic carbocycles. The van der Waals surface area contributed by atoms with Crippen LogP contribution in [0.15, 0.2) is 24.3 Å². The summed E-state index contributed by atoms with van der Waals surface area (Å²) in [4.78, 5) is 4.76. The highest BCUT2D eigenvalue weighted by Crippen LogP contribution is 2.11. The molecule has 1 saturated heterocycles. The number of hydrogen-bond donors (Lipinski definition) is 0. The van der Waals surface area contributed by atoms with Crippen LogP contribution in [0.25, 0.3) is 0 Å². The maximum atomic E-state index is 12.7. The highest BCUT2D eigenvalue weighted by molar-refractivity contribution is 5.21. The molecular weight excluding hydrogens is 271 g/mol. The number of likely N-dealkylation sites (N-methyl/N-ethyl adjacent to an activating group) is 1. The summed E-state index contributed by atoms with van der Waals surface area (Å²) in [6, 6.07) is 6.17. The lowest BCUT2D eigenvalue weighted by molar-refractivity contribution is 0.0343. The van der Waals surface area contributed by atoms with E-state index in [1.54, 1.807) is 12.1 Å². The van der Waals surface area contributed by atoms with Gasteiger partial charge in [-0.1, -0.05) is 0 Å². The van der Waals surface area contributed by atoms with Gasteiger partial charge in [-0.3, -0.25) is 4.90 Å². The van der Waals surface area contributed by atoms with Crippen molar-refractivity contribution in [1.29, 1.82) is 0 Å². The van der Waals surface area contributed by atoms with Gasteiger partial charge in [-0.25, -0.2) is 4.39 Å². The van der Waals surface area contributed by atoms with E-state index in [2.05, 4.69) is 16.8 Å². The molecule has 0 aromatic heterocycles. The van der Waals surface area contributed by atoms with E-state index >= 15 is 0 Å². The molecule has 2 rings (SSSR count). The number of benzene rings is 1. The molecule has 1 aromatic rings. The number of halogens is 1. The van der Waals surface area contributed by atoms with Crippen molar-refractivity contribution in [3.05, 3.63) is 30.1 Å². The van der Waals surface area contributed by atoms with E-state index in [-0.39, 0.29) is 5.82 Å². The van der Waals surface area contributed by atoms with Gasteiger partial charge in [0, 0.05) is 32.7 Å². The van der Waals surface area contributed by atoms with Gasteiger partial charge in [-0.05, 0) is 37.7 Å². The highest BCUT2D eigenvalue weighted by atomic mass is 19.1. The maximum Gasteiger partial charge on any atom is 0.123 e. The first kappa shape index (κ1) is 16.2. The summed E-state index contributed by atoms with van der Waals surface area (Å²) in [6.45, 7) is 7.63. The first-order valence-corrected chi connectivity index (χ1v) is 7.61. The van der Waals surface area contributed by atoms with Gasteiger partial charge in [0.25, 0.3) is 0 Å². The van der Waals surface area contributed by atoms with Crippen molar-refractivity contribution >= 4 is 0 Å². The van der Waals surface area contributed by atoms with E-state index in [0.29, 0.717) is 6.61 Å². The van der Waals surface area contributed by atoms with Crippen LogP contribution in [0.4, 0.5) is 4.39 Å². The van der Waals surface area contributed by atoms with Gasteiger partial charge in [-0.2, -0.15) is 0 Å². The Hall–Kier alpha value is -1.17. The standard InChI is InChI=1S/C16H25FN2O2/c1-18(8-9-19-10-13-20-14-11-19)7-2-12-21-16-5-3-15(17)4-6-16/h3-6H,2,7-14H2,1H3. The van der Waals surface area contributed by atoms with E-state index in [9.17, 15) is 4.39 Å². The molecule has 1 aliphatic heterocycles. The monoisotopic (exact) mass is 296 g/mol. The minimum Gasteiger partial charge on any atom is -0.494 e. The Balaban J connectivity index is 1.52. The van der Waals surface area contributed by atoms with Gasteiger partial charge in [-0.15, -0.1) is 0 Å². The molecule has 0 amide bonds. The van der Waals surface area contributed by atoms with Crippen LogP contribution >= 0.6 is 0 Å². The minimum atomic E-state index is -0.231. The average Bonchev–Trinajstić information content (AvgIpc) is 2.52. The Labute approximate surface area is 126 Å². The van der Waals surface area contributed by atoms with Crippen LogP contribution < -0.4 is 4.74 Å². The van der Waals surface area contributed by atoms with Gasteiger partial charge in [0.15, 0.2) is 0 Å². The third-order valence-corrected chi connectivity index (χ3v) is 3.67. The Bertz CT molecular complexity index is 394. The van der Waals surface area contributed by atoms with Crippen molar-refractivity contribution in [2.75, 3.05) is 59.6 Å². The van der Waals surface area contributed by atoms with E-state index < -0.39 is 0 Å². The largest absolute Gasteiger partial charge is 0.494 e. The fraction of sp³-hybridized carbons (Fsp3) is 0.625. The predicted octanol–water partition coefficient (Wildman–Crippen LogP) is 1.86. The molecule has 0 saturated carbocycles. The Morgan fingerprint density at radius 3 is 2.62 bits per heavy atom. The molecule has 0 atom stereocenters. The number of hydrogen-bond acceptors (Lipinski definition) is 4. The van der Waals surface area contributed by atoms with Crippen LogP contribution in [0.1, 0.15) is 6.42 Å². The molecule has 5 heteroatoms. The van der Waals surface area contributed by atoms with Crippen molar-refractivity contribution in [2.24, 2.45) is 0 Å². The minimum absolute atomic E-state index is 0.231. The summed E-state index contributed by atoms with van der Waals surface area (Å²) in [5.74, 6) is 0.498. The molecule has 0 spiro atoms. The van der Waals surface area contributed by atoms with Crippen LogP contribution in [0.2, 0.25) is 0 Å². The Morgan fingerprint density at radius 1 is 1.19 bits per heavy atom. The third kappa shape index (κ3) is 6.42. The second-order valence-corrected chi connectivity index (χ2v) is 5.41. The Morgan fingerprint density at radius 2 is 1.90 bits per heavy atom. The maximum absolute atomic E-state index is 12.7. The van der Waals surface area contributed by atoms with E-state index in [1.165, 1.54) is 12.1 Å². The zero-order valence-corrected chi connectivity index (χ0v) is 12.8. The summed E-state index contributed by atoms with van der Waals surface area (Å²) in [7, 11) is 2.14. The predicted molar refractivity (Wildman–Crippen MR) is 81.3 cm³/mol. The lowest BCUT2D eigenvalue weighted by Gasteiger charge is -2.28. The van der Waals surface area contributed by atoms with Gasteiger partial charge < -0.3 is 14.4 Å². The molecular formula is C16H25FN2O2. The molecule has 0 radical (unpaired) electrons. The number of morpholine rings is 1. The van der Waals surface area contributed by atoms with Crippen molar-refractivity contribution in [1.82, 2.24) is 9.80 Å². The lowest BCUT2D eigenvalue weighted by Crippen LogP contribution is -2.40. The van der Waals surface area contributed by atoms with Gasteiger partial charge in [0.05, 0.1) is 19.8 Å². The quantitative estimate of drug-likeness (QED) is 0.684. The third-order valence-electron chi connectivity index (χ3n) is 3.67. The van der Waals surface area contributed by atoms with Gasteiger partial charge in [0.1, 0.15) is 11.6 Å². The molecule has 1 heterocycles. The fourth-order valence-corrected chi connectivity index (χ4v) is 2.30. The Kier molecular flexibility index (Phi) is 6.92. The van der Waals surface area contributed by atoms with Crippen molar-refractivity contribution in [3.63, 3.8) is 0 Å². The molecule has 1 fully saturated rings. The fourth-order valence-electron chi connectivity index (χ4n) is 2.30. The second-order valence-electron chi connectivity index (χ2n) is 5.41. The normalized spacial score (nSPS) is 16.3. The molecule has 1 aliphatic rings. The van der Waals surface area contributed by atoms with Gasteiger partial charge >= 0.3 is 0 Å². The molecule has 0 N–H and O–H groups in total. The topological polar surface area (TPSA) is 24.9 Å². The SMILES string of the molecule is CN(CCCOc1ccc(F)cc1)CCN1CCOCC1. The average molecular weight is 296 g/mol. The van der Waals surface area contributed by atoms with Crippen LogP contribution in [0, 0.1) is 5.82 Å². The second kappa shape index (κ2) is 8.97. The molecule has 21 heavy (non-hydrogen) atoms. The van der Waals surface area contributed by atoms with E-state index in [4.69, 9.17) is 9.47 Å². The number of ether oxygens (including phenoxy) is 2. The molecule has 0 bridgehead atoms. The molecule has 118 valence electrons.